The molecule has 0 saturated heterocycles. The summed E-state index contributed by atoms with van der Waals surface area (Å²) in [5, 5.41) is 8.95. The number of likely N-dealkylation sites (N-methyl/N-ethyl adjacent to an activating group) is 1. The van der Waals surface area contributed by atoms with Crippen LogP contribution in [0, 0.1) is 12.8 Å². The average Bonchev–Trinajstić information content (AvgIpc) is 2.45. The van der Waals surface area contributed by atoms with Crippen molar-refractivity contribution in [2.24, 2.45) is 5.92 Å². The topological polar surface area (TPSA) is 66.8 Å². The molecule has 1 aromatic rings. The summed E-state index contributed by atoms with van der Waals surface area (Å²) >= 11 is 0. The van der Waals surface area contributed by atoms with Gasteiger partial charge in [-0.15, -0.1) is 0 Å². The number of rotatable bonds is 7. The van der Waals surface area contributed by atoms with Crippen LogP contribution in [0.25, 0.3) is 0 Å². The van der Waals surface area contributed by atoms with Crippen molar-refractivity contribution < 1.29 is 19.4 Å². The van der Waals surface area contributed by atoms with Gasteiger partial charge in [-0.1, -0.05) is 32.9 Å². The van der Waals surface area contributed by atoms with Crippen LogP contribution < -0.4 is 4.74 Å². The summed E-state index contributed by atoms with van der Waals surface area (Å²) in [6.07, 6.45) is -0.666. The first kappa shape index (κ1) is 19.0. The fraction of sp³-hybridized carbons (Fsp3) is 0.556. The number of carbonyl (C=O) groups is 2. The van der Waals surface area contributed by atoms with Gasteiger partial charge < -0.3 is 14.7 Å². The van der Waals surface area contributed by atoms with Crippen LogP contribution in [0.4, 0.5) is 0 Å². The number of aryl methyl sites for hydroxylation is 1. The van der Waals surface area contributed by atoms with E-state index in [9.17, 15) is 9.59 Å². The molecule has 0 aliphatic heterocycles. The van der Waals surface area contributed by atoms with Crippen molar-refractivity contribution in [3.8, 4) is 5.75 Å². The number of ether oxygens (including phenoxy) is 1. The lowest BCUT2D eigenvalue weighted by molar-refractivity contribution is -0.144. The summed E-state index contributed by atoms with van der Waals surface area (Å²) in [7, 11) is 1.60. The molecule has 0 aromatic heterocycles. The minimum atomic E-state index is -0.918. The van der Waals surface area contributed by atoms with Gasteiger partial charge in [-0.3, -0.25) is 9.59 Å². The van der Waals surface area contributed by atoms with Gasteiger partial charge >= 0.3 is 5.97 Å². The Bertz CT molecular complexity index is 568. The van der Waals surface area contributed by atoms with E-state index >= 15 is 0 Å². The predicted molar refractivity (Wildman–Crippen MR) is 89.8 cm³/mol. The Kier molecular flexibility index (Phi) is 6.61. The minimum absolute atomic E-state index is 0.159. The van der Waals surface area contributed by atoms with Gasteiger partial charge in [-0.2, -0.15) is 0 Å². The Morgan fingerprint density at radius 2 is 1.83 bits per heavy atom. The van der Waals surface area contributed by atoms with Gasteiger partial charge in [0, 0.05) is 13.6 Å². The quantitative estimate of drug-likeness (QED) is 0.838. The summed E-state index contributed by atoms with van der Waals surface area (Å²) in [5.41, 5.74) is 2.12. The first-order valence-electron chi connectivity index (χ1n) is 7.88. The maximum atomic E-state index is 12.4. The highest BCUT2D eigenvalue weighted by molar-refractivity contribution is 5.81. The van der Waals surface area contributed by atoms with E-state index in [0.29, 0.717) is 5.75 Å². The van der Waals surface area contributed by atoms with Gasteiger partial charge in [0.05, 0.1) is 5.92 Å². The van der Waals surface area contributed by atoms with Gasteiger partial charge in [0.25, 0.3) is 5.91 Å². The third-order valence-electron chi connectivity index (χ3n) is 3.79. The molecule has 0 saturated carbocycles. The first-order chi connectivity index (χ1) is 10.6. The van der Waals surface area contributed by atoms with Crippen molar-refractivity contribution in [1.82, 2.24) is 4.90 Å². The molecule has 0 aliphatic rings. The second kappa shape index (κ2) is 7.99. The summed E-state index contributed by atoms with van der Waals surface area (Å²) in [4.78, 5) is 24.7. The van der Waals surface area contributed by atoms with Crippen molar-refractivity contribution in [2.75, 3.05) is 13.6 Å². The lowest BCUT2D eigenvalue weighted by atomic mass is 10.0. The molecule has 0 fully saturated rings. The molecule has 1 amide bonds. The van der Waals surface area contributed by atoms with Crippen LogP contribution in [-0.4, -0.2) is 41.6 Å². The highest BCUT2D eigenvalue weighted by atomic mass is 16.5. The third kappa shape index (κ3) is 5.27. The highest BCUT2D eigenvalue weighted by Crippen LogP contribution is 2.28. The zero-order valence-corrected chi connectivity index (χ0v) is 14.8. The molecule has 2 unspecified atom stereocenters. The van der Waals surface area contributed by atoms with E-state index in [4.69, 9.17) is 9.84 Å². The molecule has 128 valence electrons. The monoisotopic (exact) mass is 321 g/mol. The number of hydrogen-bond acceptors (Lipinski definition) is 3. The molecule has 2 atom stereocenters. The molecule has 23 heavy (non-hydrogen) atoms. The minimum Gasteiger partial charge on any atom is -0.481 e. The molecule has 0 spiro atoms. The lowest BCUT2D eigenvalue weighted by Crippen LogP contribution is -2.41. The molecular weight excluding hydrogens is 294 g/mol. The highest BCUT2D eigenvalue weighted by Gasteiger charge is 2.24. The van der Waals surface area contributed by atoms with Crippen LogP contribution in [0.3, 0.4) is 0 Å². The van der Waals surface area contributed by atoms with Gasteiger partial charge in [0.2, 0.25) is 0 Å². The molecule has 0 radical (unpaired) electrons. The van der Waals surface area contributed by atoms with Crippen LogP contribution >= 0.6 is 0 Å². The molecule has 5 nitrogen and oxygen atoms in total. The smallest absolute Gasteiger partial charge is 0.308 e. The lowest BCUT2D eigenvalue weighted by Gasteiger charge is -2.25. The Balaban J connectivity index is 2.83. The molecule has 1 rings (SSSR count). The largest absolute Gasteiger partial charge is 0.481 e. The third-order valence-corrected chi connectivity index (χ3v) is 3.79. The maximum absolute atomic E-state index is 12.4. The number of aliphatic carboxylic acids is 1. The predicted octanol–water partition coefficient (Wildman–Crippen LogP) is 3.06. The zero-order chi connectivity index (χ0) is 17.7. The van der Waals surface area contributed by atoms with Crippen molar-refractivity contribution in [1.29, 1.82) is 0 Å². The summed E-state index contributed by atoms with van der Waals surface area (Å²) in [5.74, 6) is -0.757. The van der Waals surface area contributed by atoms with Gasteiger partial charge in [-0.05, 0) is 37.0 Å². The number of carboxylic acids is 1. The number of hydrogen-bond donors (Lipinski definition) is 1. The van der Waals surface area contributed by atoms with Gasteiger partial charge in [0.1, 0.15) is 5.75 Å². The van der Waals surface area contributed by atoms with E-state index in [1.165, 1.54) is 4.90 Å². The molecule has 1 aromatic carbocycles. The summed E-state index contributed by atoms with van der Waals surface area (Å²) < 4.78 is 5.87. The normalized spacial score (nSPS) is 13.5. The van der Waals surface area contributed by atoms with E-state index in [1.807, 2.05) is 25.1 Å². The van der Waals surface area contributed by atoms with Crippen molar-refractivity contribution >= 4 is 11.9 Å². The fourth-order valence-electron chi connectivity index (χ4n) is 2.35. The number of carboxylic acid groups (broad SMARTS) is 1. The van der Waals surface area contributed by atoms with E-state index in [-0.39, 0.29) is 18.4 Å². The molecular formula is C18H27NO4. The van der Waals surface area contributed by atoms with E-state index in [1.54, 1.807) is 20.9 Å². The van der Waals surface area contributed by atoms with Crippen LogP contribution in [0.2, 0.25) is 0 Å². The van der Waals surface area contributed by atoms with Crippen molar-refractivity contribution in [2.45, 2.75) is 46.6 Å². The zero-order valence-electron chi connectivity index (χ0n) is 14.8. The molecule has 5 heteroatoms. The molecule has 0 aliphatic carbocycles. The standard InChI is InChI=1S/C18H27NO4/c1-11(2)15-8-7-12(3)9-16(15)23-14(5)17(20)19(6)10-13(4)18(21)22/h7-9,11,13-14H,10H2,1-6H3,(H,21,22). The average molecular weight is 321 g/mol. The first-order valence-corrected chi connectivity index (χ1v) is 7.88. The Hall–Kier alpha value is -2.04. The van der Waals surface area contributed by atoms with E-state index < -0.39 is 18.0 Å². The number of nitrogens with zero attached hydrogens (tertiary/aromatic N) is 1. The summed E-state index contributed by atoms with van der Waals surface area (Å²) in [6, 6.07) is 5.97. The SMILES string of the molecule is Cc1ccc(C(C)C)c(OC(C)C(=O)N(C)CC(C)C(=O)O)c1. The summed E-state index contributed by atoms with van der Waals surface area (Å²) in [6.45, 7) is 9.55. The Morgan fingerprint density at radius 1 is 1.22 bits per heavy atom. The van der Waals surface area contributed by atoms with Crippen LogP contribution in [-0.2, 0) is 9.59 Å². The van der Waals surface area contributed by atoms with Crippen LogP contribution in [0.1, 0.15) is 44.7 Å². The van der Waals surface area contributed by atoms with Crippen LogP contribution in [0.15, 0.2) is 18.2 Å². The second-order valence-corrected chi connectivity index (χ2v) is 6.41. The van der Waals surface area contributed by atoms with Crippen molar-refractivity contribution in [3.05, 3.63) is 29.3 Å². The van der Waals surface area contributed by atoms with E-state index in [2.05, 4.69) is 13.8 Å². The maximum Gasteiger partial charge on any atom is 0.308 e. The number of amides is 1. The van der Waals surface area contributed by atoms with Gasteiger partial charge in [0.15, 0.2) is 6.10 Å². The second-order valence-electron chi connectivity index (χ2n) is 6.41. The Labute approximate surface area is 138 Å². The van der Waals surface area contributed by atoms with Crippen LogP contribution in [0.5, 0.6) is 5.75 Å². The Morgan fingerprint density at radius 3 is 2.35 bits per heavy atom. The van der Waals surface area contributed by atoms with Gasteiger partial charge in [-0.25, -0.2) is 0 Å². The molecule has 0 bridgehead atoms. The molecule has 1 N–H and O–H groups in total. The number of carbonyl (C=O) groups excluding carboxylic acids is 1. The number of benzene rings is 1. The van der Waals surface area contributed by atoms with Crippen molar-refractivity contribution in [3.63, 3.8) is 0 Å². The van der Waals surface area contributed by atoms with E-state index in [0.717, 1.165) is 11.1 Å². The fourth-order valence-corrected chi connectivity index (χ4v) is 2.35. The molecule has 0 heterocycles.